The number of fused-ring (bicyclic) bond motifs is 1. The zero-order valence-corrected chi connectivity index (χ0v) is 20.3. The molecule has 10 nitrogen and oxygen atoms in total. The first kappa shape index (κ1) is 23.9. The Morgan fingerprint density at radius 2 is 2.03 bits per heavy atom. The molecule has 182 valence electrons. The molecule has 3 heterocycles. The number of benzene rings is 1. The van der Waals surface area contributed by atoms with Crippen molar-refractivity contribution in [3.05, 3.63) is 36.5 Å². The van der Waals surface area contributed by atoms with Crippen molar-refractivity contribution in [2.24, 2.45) is 0 Å². The molecular weight excluding hydrogens is 463 g/mol. The van der Waals surface area contributed by atoms with Gasteiger partial charge >= 0.3 is 6.09 Å². The van der Waals surface area contributed by atoms with E-state index in [0.29, 0.717) is 29.9 Å². The summed E-state index contributed by atoms with van der Waals surface area (Å²) in [5.41, 5.74) is -0.135. The van der Waals surface area contributed by atoms with Gasteiger partial charge in [-0.15, -0.1) is 0 Å². The molecule has 1 amide bonds. The Morgan fingerprint density at radius 1 is 1.26 bits per heavy atom. The molecule has 34 heavy (non-hydrogen) atoms. The second-order valence-electron chi connectivity index (χ2n) is 9.31. The number of likely N-dealkylation sites (tertiary alicyclic amines) is 1. The number of sulfone groups is 1. The van der Waals surface area contributed by atoms with Crippen LogP contribution in [0.1, 0.15) is 33.6 Å². The molecule has 0 saturated carbocycles. The molecule has 4 rings (SSSR count). The number of rotatable bonds is 4. The molecule has 2 aromatic heterocycles. The van der Waals surface area contributed by atoms with E-state index in [2.05, 4.69) is 20.4 Å². The van der Waals surface area contributed by atoms with Gasteiger partial charge in [-0.1, -0.05) is 0 Å². The van der Waals surface area contributed by atoms with E-state index in [0.717, 1.165) is 25.2 Å². The number of nitrogens with zero attached hydrogens (tertiary/aromatic N) is 5. The summed E-state index contributed by atoms with van der Waals surface area (Å²) in [5, 5.41) is 8.18. The molecule has 3 aromatic rings. The summed E-state index contributed by atoms with van der Waals surface area (Å²) >= 11 is 0. The number of piperidine rings is 1. The monoisotopic (exact) mass is 490 g/mol. The van der Waals surface area contributed by atoms with E-state index in [9.17, 15) is 17.6 Å². The maximum absolute atomic E-state index is 14.7. The highest BCUT2D eigenvalue weighted by molar-refractivity contribution is 7.90. The lowest BCUT2D eigenvalue weighted by atomic mass is 10.1. The Kier molecular flexibility index (Phi) is 6.19. The predicted molar refractivity (Wildman–Crippen MR) is 124 cm³/mol. The third-order valence-corrected chi connectivity index (χ3v) is 6.47. The second kappa shape index (κ2) is 8.82. The molecule has 0 spiro atoms. The Labute approximate surface area is 197 Å². The Morgan fingerprint density at radius 3 is 2.71 bits per heavy atom. The molecule has 1 unspecified atom stereocenters. The van der Waals surface area contributed by atoms with Crippen LogP contribution in [0.15, 0.2) is 35.6 Å². The van der Waals surface area contributed by atoms with Crippen LogP contribution in [0.5, 0.6) is 0 Å². The average Bonchev–Trinajstić information content (AvgIpc) is 3.17. The molecule has 1 atom stereocenters. The third-order valence-electron chi connectivity index (χ3n) is 5.36. The molecule has 1 aliphatic heterocycles. The first-order valence-electron chi connectivity index (χ1n) is 10.9. The number of amides is 1. The summed E-state index contributed by atoms with van der Waals surface area (Å²) < 4.78 is 45.0. The van der Waals surface area contributed by atoms with E-state index in [1.165, 1.54) is 29.3 Å². The molecule has 12 heteroatoms. The summed E-state index contributed by atoms with van der Waals surface area (Å²) in [6.45, 7) is 6.56. The van der Waals surface area contributed by atoms with E-state index in [1.807, 2.05) is 20.8 Å². The minimum absolute atomic E-state index is 0.0616. The van der Waals surface area contributed by atoms with Gasteiger partial charge in [-0.3, -0.25) is 0 Å². The SMILES string of the molecule is CC(C)(C)OC(=O)N1CCCC(Nc2ncnc3c2cnn3-c2ccc(S(C)(=O)=O)cc2F)C1. The largest absolute Gasteiger partial charge is 0.444 e. The molecular formula is C22H27FN6O4S. The van der Waals surface area contributed by atoms with Gasteiger partial charge in [-0.2, -0.15) is 5.10 Å². The second-order valence-corrected chi connectivity index (χ2v) is 11.3. The van der Waals surface area contributed by atoms with Gasteiger partial charge in [0.25, 0.3) is 0 Å². The first-order valence-corrected chi connectivity index (χ1v) is 12.7. The van der Waals surface area contributed by atoms with Crippen LogP contribution in [0, 0.1) is 5.82 Å². The standard InChI is InChI=1S/C22H27FN6O4S/c1-22(2,3)33-21(30)28-9-5-6-14(12-28)27-19-16-11-26-29(20(16)25-13-24-19)18-8-7-15(10-17(18)23)34(4,31)32/h7-8,10-11,13-14H,5-6,9,12H2,1-4H3,(H,24,25,27). The number of hydrogen-bond donors (Lipinski definition) is 1. The van der Waals surface area contributed by atoms with Crippen molar-refractivity contribution in [3.8, 4) is 5.69 Å². The zero-order valence-electron chi connectivity index (χ0n) is 19.4. The van der Waals surface area contributed by atoms with E-state index in [-0.39, 0.29) is 22.7 Å². The lowest BCUT2D eigenvalue weighted by Gasteiger charge is -2.34. The van der Waals surface area contributed by atoms with Crippen molar-refractivity contribution >= 4 is 32.8 Å². The fourth-order valence-corrected chi connectivity index (χ4v) is 4.44. The topological polar surface area (TPSA) is 119 Å². The molecule has 1 aromatic carbocycles. The smallest absolute Gasteiger partial charge is 0.410 e. The van der Waals surface area contributed by atoms with Crippen LogP contribution in [0.3, 0.4) is 0 Å². The molecule has 1 fully saturated rings. The summed E-state index contributed by atoms with van der Waals surface area (Å²) in [5.74, 6) is -0.221. The Bertz CT molecular complexity index is 1330. The lowest BCUT2D eigenvalue weighted by molar-refractivity contribution is 0.0206. The highest BCUT2D eigenvalue weighted by Crippen LogP contribution is 2.26. The molecule has 1 N–H and O–H groups in total. The number of carbonyl (C=O) groups is 1. The maximum atomic E-state index is 14.7. The van der Waals surface area contributed by atoms with Crippen molar-refractivity contribution in [2.45, 2.75) is 50.2 Å². The van der Waals surface area contributed by atoms with Gasteiger partial charge in [-0.25, -0.2) is 32.3 Å². The van der Waals surface area contributed by atoms with Crippen LogP contribution < -0.4 is 5.32 Å². The molecule has 0 bridgehead atoms. The van der Waals surface area contributed by atoms with Crippen LogP contribution in [-0.2, 0) is 14.6 Å². The number of carbonyl (C=O) groups excluding carboxylic acids is 1. The number of anilines is 1. The molecule has 0 radical (unpaired) electrons. The summed E-state index contributed by atoms with van der Waals surface area (Å²) in [6.07, 6.45) is 5.18. The quantitative estimate of drug-likeness (QED) is 0.592. The normalized spacial score (nSPS) is 17.1. The van der Waals surface area contributed by atoms with Gasteiger partial charge in [0, 0.05) is 25.4 Å². The van der Waals surface area contributed by atoms with Crippen LogP contribution >= 0.6 is 0 Å². The highest BCUT2D eigenvalue weighted by atomic mass is 32.2. The number of nitrogens with one attached hydrogen (secondary N) is 1. The van der Waals surface area contributed by atoms with E-state index < -0.39 is 21.3 Å². The van der Waals surface area contributed by atoms with Gasteiger partial charge in [0.05, 0.1) is 16.5 Å². The fraction of sp³-hybridized carbons (Fsp3) is 0.455. The summed E-state index contributed by atoms with van der Waals surface area (Å²) in [4.78, 5) is 22.6. The van der Waals surface area contributed by atoms with Crippen molar-refractivity contribution < 1.29 is 22.3 Å². The number of aromatic nitrogens is 4. The van der Waals surface area contributed by atoms with E-state index in [4.69, 9.17) is 4.74 Å². The zero-order chi connectivity index (χ0) is 24.7. The maximum Gasteiger partial charge on any atom is 0.410 e. The minimum atomic E-state index is -3.54. The van der Waals surface area contributed by atoms with Gasteiger partial charge in [-0.05, 0) is 51.8 Å². The van der Waals surface area contributed by atoms with Crippen LogP contribution in [0.25, 0.3) is 16.7 Å². The van der Waals surface area contributed by atoms with Crippen molar-refractivity contribution in [3.63, 3.8) is 0 Å². The number of halogens is 1. The van der Waals surface area contributed by atoms with Gasteiger partial charge < -0.3 is 15.0 Å². The van der Waals surface area contributed by atoms with Crippen molar-refractivity contribution in [2.75, 3.05) is 24.7 Å². The van der Waals surface area contributed by atoms with Gasteiger partial charge in [0.1, 0.15) is 29.3 Å². The Balaban J connectivity index is 1.58. The lowest BCUT2D eigenvalue weighted by Crippen LogP contribution is -2.47. The average molecular weight is 491 g/mol. The highest BCUT2D eigenvalue weighted by Gasteiger charge is 2.28. The Hall–Kier alpha value is -3.28. The van der Waals surface area contributed by atoms with E-state index in [1.54, 1.807) is 4.90 Å². The van der Waals surface area contributed by atoms with E-state index >= 15 is 0 Å². The number of ether oxygens (including phenoxy) is 1. The fourth-order valence-electron chi connectivity index (χ4n) is 3.81. The van der Waals surface area contributed by atoms with Crippen LogP contribution in [0.2, 0.25) is 0 Å². The molecule has 1 saturated heterocycles. The summed E-state index contributed by atoms with van der Waals surface area (Å²) in [6, 6.07) is 3.59. The molecule has 1 aliphatic rings. The van der Waals surface area contributed by atoms with Crippen molar-refractivity contribution in [1.82, 2.24) is 24.6 Å². The first-order chi connectivity index (χ1) is 15.9. The molecule has 0 aliphatic carbocycles. The summed E-state index contributed by atoms with van der Waals surface area (Å²) in [7, 11) is -3.54. The number of hydrogen-bond acceptors (Lipinski definition) is 8. The third kappa shape index (κ3) is 5.11. The predicted octanol–water partition coefficient (Wildman–Crippen LogP) is 3.17. The van der Waals surface area contributed by atoms with Crippen LogP contribution in [-0.4, -0.2) is 70.1 Å². The van der Waals surface area contributed by atoms with Crippen molar-refractivity contribution in [1.29, 1.82) is 0 Å². The minimum Gasteiger partial charge on any atom is -0.444 e. The van der Waals surface area contributed by atoms with Crippen LogP contribution in [0.4, 0.5) is 15.0 Å². The van der Waals surface area contributed by atoms with Gasteiger partial charge in [0.15, 0.2) is 15.5 Å². The van der Waals surface area contributed by atoms with Gasteiger partial charge in [0.2, 0.25) is 0 Å².